The van der Waals surface area contributed by atoms with Gasteiger partial charge in [-0.15, -0.1) is 0 Å². The fourth-order valence-electron chi connectivity index (χ4n) is 1.23. The molecule has 1 rings (SSSR count). The summed E-state index contributed by atoms with van der Waals surface area (Å²) in [6, 6.07) is 0. The Morgan fingerprint density at radius 1 is 1.40 bits per heavy atom. The molecule has 0 aliphatic rings. The summed E-state index contributed by atoms with van der Waals surface area (Å²) >= 11 is 0. The first-order valence-corrected chi connectivity index (χ1v) is 5.37. The molecule has 5 nitrogen and oxygen atoms in total. The van der Waals surface area contributed by atoms with E-state index in [1.165, 1.54) is 0 Å². The van der Waals surface area contributed by atoms with E-state index in [0.717, 1.165) is 25.1 Å². The normalized spacial score (nSPS) is 12.9. The van der Waals surface area contributed by atoms with Crippen LogP contribution >= 0.6 is 0 Å². The monoisotopic (exact) mass is 213 g/mol. The highest BCUT2D eigenvalue weighted by Crippen LogP contribution is 2.00. The minimum atomic E-state index is 0.153. The second-order valence-electron chi connectivity index (χ2n) is 3.46. The number of rotatable bonds is 8. The summed E-state index contributed by atoms with van der Waals surface area (Å²) in [5, 5.41) is 10.3. The van der Waals surface area contributed by atoms with Gasteiger partial charge in [0.1, 0.15) is 0 Å². The van der Waals surface area contributed by atoms with Gasteiger partial charge in [0.25, 0.3) is 0 Å². The summed E-state index contributed by atoms with van der Waals surface area (Å²) in [5.74, 6) is 0. The van der Waals surface area contributed by atoms with E-state index in [1.54, 1.807) is 6.20 Å². The molecule has 0 amide bonds. The molecule has 1 unspecified atom stereocenters. The van der Waals surface area contributed by atoms with Gasteiger partial charge in [-0.05, 0) is 13.3 Å². The van der Waals surface area contributed by atoms with E-state index < -0.39 is 0 Å². The minimum absolute atomic E-state index is 0.153. The highest BCUT2D eigenvalue weighted by Gasteiger charge is 2.05. The quantitative estimate of drug-likeness (QED) is 0.659. The highest BCUT2D eigenvalue weighted by molar-refractivity contribution is 4.92. The summed E-state index contributed by atoms with van der Waals surface area (Å²) in [6.45, 7) is 6.22. The van der Waals surface area contributed by atoms with Crippen molar-refractivity contribution in [2.24, 2.45) is 0 Å². The molecule has 0 fully saturated rings. The van der Waals surface area contributed by atoms with Crippen molar-refractivity contribution in [3.63, 3.8) is 0 Å². The number of aromatic amines is 1. The number of H-pyrrole nitrogens is 1. The molecular formula is C10H19N3O2. The summed E-state index contributed by atoms with van der Waals surface area (Å²) in [4.78, 5) is 0. The number of hydrogen-bond acceptors (Lipinski definition) is 4. The Hall–Kier alpha value is -0.940. The molecule has 0 saturated carbocycles. The van der Waals surface area contributed by atoms with E-state index in [9.17, 15) is 0 Å². The Morgan fingerprint density at radius 2 is 2.27 bits per heavy atom. The average Bonchev–Trinajstić information content (AvgIpc) is 2.70. The third-order valence-corrected chi connectivity index (χ3v) is 1.94. The first-order chi connectivity index (χ1) is 7.33. The van der Waals surface area contributed by atoms with Crippen molar-refractivity contribution in [1.29, 1.82) is 0 Å². The lowest BCUT2D eigenvalue weighted by atomic mass is 10.2. The first-order valence-electron chi connectivity index (χ1n) is 5.37. The summed E-state index contributed by atoms with van der Waals surface area (Å²) in [5.41, 5.74) is 0.928. The number of hydrogen-bond donors (Lipinski definition) is 1. The van der Waals surface area contributed by atoms with Crippen molar-refractivity contribution < 1.29 is 9.47 Å². The van der Waals surface area contributed by atoms with Gasteiger partial charge in [-0.2, -0.15) is 15.4 Å². The molecule has 15 heavy (non-hydrogen) atoms. The second-order valence-corrected chi connectivity index (χ2v) is 3.46. The van der Waals surface area contributed by atoms with Crippen molar-refractivity contribution in [2.45, 2.75) is 32.8 Å². The van der Waals surface area contributed by atoms with Crippen LogP contribution in [0.25, 0.3) is 0 Å². The molecule has 0 aliphatic carbocycles. The lowest BCUT2D eigenvalue weighted by molar-refractivity contribution is 0.0125. The van der Waals surface area contributed by atoms with Gasteiger partial charge in [-0.1, -0.05) is 6.92 Å². The van der Waals surface area contributed by atoms with Gasteiger partial charge in [-0.3, -0.25) is 0 Å². The van der Waals surface area contributed by atoms with Crippen molar-refractivity contribution in [1.82, 2.24) is 15.4 Å². The zero-order valence-electron chi connectivity index (χ0n) is 9.40. The van der Waals surface area contributed by atoms with Gasteiger partial charge in [0.2, 0.25) is 0 Å². The number of nitrogens with zero attached hydrogens (tertiary/aromatic N) is 2. The second kappa shape index (κ2) is 7.36. The van der Waals surface area contributed by atoms with Gasteiger partial charge < -0.3 is 9.47 Å². The Kier molecular flexibility index (Phi) is 5.96. The largest absolute Gasteiger partial charge is 0.379 e. The van der Waals surface area contributed by atoms with Crippen LogP contribution in [0.4, 0.5) is 0 Å². The number of aromatic nitrogens is 3. The fraction of sp³-hybridized carbons (Fsp3) is 0.800. The maximum absolute atomic E-state index is 5.56. The van der Waals surface area contributed by atoms with Crippen LogP contribution in [-0.2, 0) is 15.9 Å². The lowest BCUT2D eigenvalue weighted by Crippen LogP contribution is -2.15. The van der Waals surface area contributed by atoms with Crippen molar-refractivity contribution >= 4 is 0 Å². The van der Waals surface area contributed by atoms with E-state index in [4.69, 9.17) is 9.47 Å². The highest BCUT2D eigenvalue weighted by atomic mass is 16.5. The van der Waals surface area contributed by atoms with E-state index in [2.05, 4.69) is 22.3 Å². The van der Waals surface area contributed by atoms with Crippen molar-refractivity contribution in [3.8, 4) is 0 Å². The third-order valence-electron chi connectivity index (χ3n) is 1.94. The molecule has 5 heteroatoms. The van der Waals surface area contributed by atoms with Crippen LogP contribution in [0.3, 0.4) is 0 Å². The maximum Gasteiger partial charge on any atom is 0.0850 e. The molecule has 1 N–H and O–H groups in total. The first kappa shape index (κ1) is 12.1. The molecular weight excluding hydrogens is 194 g/mol. The summed E-state index contributed by atoms with van der Waals surface area (Å²) in [6.07, 6.45) is 3.70. The predicted molar refractivity (Wildman–Crippen MR) is 56.6 cm³/mol. The summed E-state index contributed by atoms with van der Waals surface area (Å²) < 4.78 is 10.9. The van der Waals surface area contributed by atoms with Crippen molar-refractivity contribution in [2.75, 3.05) is 19.8 Å². The Bertz CT molecular complexity index is 239. The van der Waals surface area contributed by atoms with E-state index in [-0.39, 0.29) is 6.10 Å². The Morgan fingerprint density at radius 3 is 2.93 bits per heavy atom. The standard InChI is InChI=1S/C10H19N3O2/c1-3-4-14-5-6-15-9(2)7-10-8-11-13-12-10/h8-9H,3-7H2,1-2H3,(H,11,12,13). The van der Waals surface area contributed by atoms with Gasteiger partial charge in [0, 0.05) is 13.0 Å². The predicted octanol–water partition coefficient (Wildman–Crippen LogP) is 1.18. The van der Waals surface area contributed by atoms with Crippen LogP contribution in [0, 0.1) is 0 Å². The Balaban J connectivity index is 2.01. The zero-order valence-corrected chi connectivity index (χ0v) is 9.40. The molecule has 0 aromatic carbocycles. The molecule has 86 valence electrons. The average molecular weight is 213 g/mol. The maximum atomic E-state index is 5.56. The van der Waals surface area contributed by atoms with E-state index >= 15 is 0 Å². The topological polar surface area (TPSA) is 60.0 Å². The molecule has 0 saturated heterocycles. The van der Waals surface area contributed by atoms with Gasteiger partial charge in [0.15, 0.2) is 0 Å². The molecule has 1 heterocycles. The number of nitrogens with one attached hydrogen (secondary N) is 1. The zero-order chi connectivity index (χ0) is 10.9. The molecule has 1 aromatic heterocycles. The van der Waals surface area contributed by atoms with Gasteiger partial charge in [0.05, 0.1) is 31.2 Å². The van der Waals surface area contributed by atoms with Crippen LogP contribution < -0.4 is 0 Å². The molecule has 0 spiro atoms. The van der Waals surface area contributed by atoms with Crippen LogP contribution in [-0.4, -0.2) is 41.3 Å². The van der Waals surface area contributed by atoms with Crippen LogP contribution in [0.1, 0.15) is 26.0 Å². The smallest absolute Gasteiger partial charge is 0.0850 e. The molecule has 1 aromatic rings. The SMILES string of the molecule is CCCOCCOC(C)Cc1cn[nH]n1. The van der Waals surface area contributed by atoms with E-state index in [0.29, 0.717) is 13.2 Å². The summed E-state index contributed by atoms with van der Waals surface area (Å²) in [7, 11) is 0. The third kappa shape index (κ3) is 5.49. The molecule has 1 atom stereocenters. The van der Waals surface area contributed by atoms with Gasteiger partial charge in [-0.25, -0.2) is 0 Å². The van der Waals surface area contributed by atoms with Crippen LogP contribution in [0.2, 0.25) is 0 Å². The van der Waals surface area contributed by atoms with Crippen LogP contribution in [0.5, 0.6) is 0 Å². The lowest BCUT2D eigenvalue weighted by Gasteiger charge is -2.11. The number of ether oxygens (including phenoxy) is 2. The fourth-order valence-corrected chi connectivity index (χ4v) is 1.23. The molecule has 0 radical (unpaired) electrons. The molecule has 0 bridgehead atoms. The van der Waals surface area contributed by atoms with Gasteiger partial charge >= 0.3 is 0 Å². The molecule has 0 aliphatic heterocycles. The van der Waals surface area contributed by atoms with E-state index in [1.807, 2.05) is 6.92 Å². The van der Waals surface area contributed by atoms with Crippen LogP contribution in [0.15, 0.2) is 6.20 Å². The Labute approximate surface area is 90.2 Å². The van der Waals surface area contributed by atoms with Crippen molar-refractivity contribution in [3.05, 3.63) is 11.9 Å². The minimum Gasteiger partial charge on any atom is -0.379 e.